The molecule has 0 spiro atoms. The van der Waals surface area contributed by atoms with Gasteiger partial charge in [-0.3, -0.25) is 0 Å². The minimum Gasteiger partial charge on any atom is -0.406 e. The van der Waals surface area contributed by atoms with Gasteiger partial charge in [0.1, 0.15) is 0 Å². The topological polar surface area (TPSA) is 105 Å². The molecule has 0 fully saturated rings. The summed E-state index contributed by atoms with van der Waals surface area (Å²) in [5, 5.41) is 0. The lowest BCUT2D eigenvalue weighted by Gasteiger charge is -2.28. The Hall–Kier alpha value is -2.24. The summed E-state index contributed by atoms with van der Waals surface area (Å²) in [4.78, 5) is 22.4. The van der Waals surface area contributed by atoms with Gasteiger partial charge >= 0.3 is 12.2 Å². The molecule has 0 saturated heterocycles. The monoisotopic (exact) mass is 308 g/mol. The maximum Gasteiger partial charge on any atom is 0.410 e. The van der Waals surface area contributed by atoms with E-state index in [1.54, 1.807) is 6.07 Å². The first-order valence-electron chi connectivity index (χ1n) is 6.96. The van der Waals surface area contributed by atoms with Crippen molar-refractivity contribution in [3.8, 4) is 11.5 Å². The SMILES string of the molecule is CC(C)(C)c1cc(OC(N)=O)c(OC(N)=O)c(C(C)(C)C)c1. The van der Waals surface area contributed by atoms with Crippen LogP contribution in [0.1, 0.15) is 52.7 Å². The van der Waals surface area contributed by atoms with Crippen LogP contribution in [0.25, 0.3) is 0 Å². The molecular formula is C16H24N2O4. The molecule has 0 aliphatic heterocycles. The van der Waals surface area contributed by atoms with Crippen LogP contribution in [0, 0.1) is 0 Å². The molecule has 2 amide bonds. The zero-order chi connectivity index (χ0) is 17.3. The van der Waals surface area contributed by atoms with E-state index in [0.717, 1.165) is 5.56 Å². The van der Waals surface area contributed by atoms with Gasteiger partial charge < -0.3 is 20.9 Å². The minimum absolute atomic E-state index is 0.0867. The van der Waals surface area contributed by atoms with Crippen LogP contribution in [0.15, 0.2) is 12.1 Å². The van der Waals surface area contributed by atoms with Gasteiger partial charge in [-0.05, 0) is 22.5 Å². The van der Waals surface area contributed by atoms with Crippen LogP contribution in [0.3, 0.4) is 0 Å². The molecule has 1 aromatic rings. The van der Waals surface area contributed by atoms with Gasteiger partial charge in [-0.2, -0.15) is 0 Å². The molecule has 1 aromatic carbocycles. The normalized spacial score (nSPS) is 11.9. The Morgan fingerprint density at radius 3 is 1.73 bits per heavy atom. The molecule has 6 nitrogen and oxygen atoms in total. The zero-order valence-corrected chi connectivity index (χ0v) is 13.9. The van der Waals surface area contributed by atoms with E-state index in [1.165, 1.54) is 0 Å². The fourth-order valence-electron chi connectivity index (χ4n) is 1.98. The molecule has 0 bridgehead atoms. The van der Waals surface area contributed by atoms with Crippen LogP contribution in [-0.2, 0) is 10.8 Å². The summed E-state index contributed by atoms with van der Waals surface area (Å²) < 4.78 is 10.1. The van der Waals surface area contributed by atoms with Gasteiger partial charge in [0.05, 0.1) is 0 Å². The van der Waals surface area contributed by atoms with Gasteiger partial charge in [0, 0.05) is 5.56 Å². The summed E-state index contributed by atoms with van der Waals surface area (Å²) in [5.74, 6) is 0.204. The summed E-state index contributed by atoms with van der Waals surface area (Å²) >= 11 is 0. The van der Waals surface area contributed by atoms with Crippen molar-refractivity contribution in [1.82, 2.24) is 0 Å². The van der Waals surface area contributed by atoms with Crippen molar-refractivity contribution < 1.29 is 19.1 Å². The number of carbonyl (C=O) groups excluding carboxylic acids is 2. The van der Waals surface area contributed by atoms with Crippen molar-refractivity contribution in [3.63, 3.8) is 0 Å². The van der Waals surface area contributed by atoms with E-state index in [1.807, 2.05) is 47.6 Å². The molecule has 0 atom stereocenters. The van der Waals surface area contributed by atoms with Crippen LogP contribution < -0.4 is 20.9 Å². The summed E-state index contributed by atoms with van der Waals surface area (Å²) in [6, 6.07) is 3.56. The largest absolute Gasteiger partial charge is 0.410 e. The van der Waals surface area contributed by atoms with E-state index < -0.39 is 12.2 Å². The van der Waals surface area contributed by atoms with Gasteiger partial charge in [-0.15, -0.1) is 0 Å². The summed E-state index contributed by atoms with van der Waals surface area (Å²) in [6.45, 7) is 11.9. The molecule has 0 saturated carbocycles. The van der Waals surface area contributed by atoms with Crippen molar-refractivity contribution in [1.29, 1.82) is 0 Å². The number of rotatable bonds is 2. The molecule has 0 radical (unpaired) electrons. The number of hydrogen-bond donors (Lipinski definition) is 2. The number of hydrogen-bond acceptors (Lipinski definition) is 4. The number of ether oxygens (including phenoxy) is 2. The summed E-state index contributed by atoms with van der Waals surface area (Å²) in [5.41, 5.74) is 11.3. The molecule has 0 unspecified atom stereocenters. The Labute approximate surface area is 130 Å². The summed E-state index contributed by atoms with van der Waals surface area (Å²) in [6.07, 6.45) is -1.97. The first-order chi connectivity index (χ1) is 9.82. The standard InChI is InChI=1S/C16H24N2O4/c1-15(2,3)9-7-10(16(4,5)6)12(22-14(18)20)11(8-9)21-13(17)19/h7-8H,1-6H3,(H2,17,19)(H2,18,20). The first-order valence-corrected chi connectivity index (χ1v) is 6.96. The highest BCUT2D eigenvalue weighted by atomic mass is 16.6. The number of amides is 2. The lowest BCUT2D eigenvalue weighted by atomic mass is 9.80. The molecule has 0 aromatic heterocycles. The van der Waals surface area contributed by atoms with Crippen molar-refractivity contribution in [2.24, 2.45) is 11.5 Å². The Morgan fingerprint density at radius 2 is 1.36 bits per heavy atom. The molecule has 0 aliphatic rings. The molecule has 4 N–H and O–H groups in total. The van der Waals surface area contributed by atoms with E-state index in [9.17, 15) is 9.59 Å². The fraction of sp³-hybridized carbons (Fsp3) is 0.500. The second-order valence-electron chi connectivity index (χ2n) is 7.19. The molecule has 0 heterocycles. The molecule has 1 rings (SSSR count). The number of nitrogens with two attached hydrogens (primary N) is 2. The quantitative estimate of drug-likeness (QED) is 0.875. The Balaban J connectivity index is 3.68. The van der Waals surface area contributed by atoms with Gasteiger partial charge in [0.15, 0.2) is 11.5 Å². The maximum absolute atomic E-state index is 11.2. The molecule has 22 heavy (non-hydrogen) atoms. The van der Waals surface area contributed by atoms with Crippen molar-refractivity contribution >= 4 is 12.2 Å². The van der Waals surface area contributed by atoms with Crippen molar-refractivity contribution in [2.45, 2.75) is 52.4 Å². The van der Waals surface area contributed by atoms with Gasteiger partial charge in [-0.1, -0.05) is 47.6 Å². The third-order valence-electron chi connectivity index (χ3n) is 3.14. The molecule has 0 aliphatic carbocycles. The third-order valence-corrected chi connectivity index (χ3v) is 3.14. The number of benzene rings is 1. The second kappa shape index (κ2) is 5.87. The van der Waals surface area contributed by atoms with E-state index >= 15 is 0 Å². The molecule has 122 valence electrons. The van der Waals surface area contributed by atoms with Crippen LogP contribution in [0.2, 0.25) is 0 Å². The Morgan fingerprint density at radius 1 is 0.864 bits per heavy atom. The smallest absolute Gasteiger partial charge is 0.406 e. The highest BCUT2D eigenvalue weighted by Crippen LogP contribution is 2.42. The predicted octanol–water partition coefficient (Wildman–Crippen LogP) is 3.20. The maximum atomic E-state index is 11.2. The van der Waals surface area contributed by atoms with Crippen LogP contribution in [0.5, 0.6) is 11.5 Å². The van der Waals surface area contributed by atoms with Crippen molar-refractivity contribution in [3.05, 3.63) is 23.3 Å². The zero-order valence-electron chi connectivity index (χ0n) is 13.9. The highest BCUT2D eigenvalue weighted by molar-refractivity contribution is 5.74. The lowest BCUT2D eigenvalue weighted by Crippen LogP contribution is -2.24. The second-order valence-corrected chi connectivity index (χ2v) is 7.19. The Kier molecular flexibility index (Phi) is 4.75. The van der Waals surface area contributed by atoms with Crippen LogP contribution >= 0.6 is 0 Å². The minimum atomic E-state index is -0.986. The fourth-order valence-corrected chi connectivity index (χ4v) is 1.98. The van der Waals surface area contributed by atoms with E-state index in [4.69, 9.17) is 20.9 Å². The average molecular weight is 308 g/mol. The first kappa shape index (κ1) is 17.8. The summed E-state index contributed by atoms with van der Waals surface area (Å²) in [7, 11) is 0. The van der Waals surface area contributed by atoms with Gasteiger partial charge in [0.2, 0.25) is 0 Å². The van der Waals surface area contributed by atoms with E-state index in [2.05, 4.69) is 0 Å². The average Bonchev–Trinajstić information content (AvgIpc) is 2.26. The van der Waals surface area contributed by atoms with E-state index in [-0.39, 0.29) is 22.3 Å². The van der Waals surface area contributed by atoms with Crippen LogP contribution in [-0.4, -0.2) is 12.2 Å². The Bertz CT molecular complexity index is 595. The highest BCUT2D eigenvalue weighted by Gasteiger charge is 2.28. The van der Waals surface area contributed by atoms with E-state index in [0.29, 0.717) is 5.56 Å². The third kappa shape index (κ3) is 4.38. The van der Waals surface area contributed by atoms with Gasteiger partial charge in [-0.25, -0.2) is 9.59 Å². The number of primary amides is 2. The molecule has 6 heteroatoms. The lowest BCUT2D eigenvalue weighted by molar-refractivity contribution is 0.199. The number of carbonyl (C=O) groups is 2. The van der Waals surface area contributed by atoms with Gasteiger partial charge in [0.25, 0.3) is 0 Å². The predicted molar refractivity (Wildman–Crippen MR) is 84.3 cm³/mol. The molecular weight excluding hydrogens is 284 g/mol. The van der Waals surface area contributed by atoms with Crippen molar-refractivity contribution in [2.75, 3.05) is 0 Å². The van der Waals surface area contributed by atoms with Crippen LogP contribution in [0.4, 0.5) is 9.59 Å².